The fourth-order valence-electron chi connectivity index (χ4n) is 4.92. The van der Waals surface area contributed by atoms with E-state index in [0.29, 0.717) is 6.42 Å². The van der Waals surface area contributed by atoms with Crippen molar-refractivity contribution in [2.24, 2.45) is 0 Å². The number of rotatable bonds is 3. The Morgan fingerprint density at radius 1 is 1.09 bits per heavy atom. The van der Waals surface area contributed by atoms with Gasteiger partial charge >= 0.3 is 0 Å². The van der Waals surface area contributed by atoms with Gasteiger partial charge in [-0.15, -0.1) is 10.2 Å². The van der Waals surface area contributed by atoms with Crippen LogP contribution in [0, 0.1) is 6.92 Å². The summed E-state index contributed by atoms with van der Waals surface area (Å²) >= 11 is 6.28. The van der Waals surface area contributed by atoms with Crippen molar-refractivity contribution in [1.29, 1.82) is 0 Å². The summed E-state index contributed by atoms with van der Waals surface area (Å²) in [5.41, 5.74) is 4.59. The molecule has 0 bridgehead atoms. The number of piperidine rings is 1. The van der Waals surface area contributed by atoms with E-state index >= 15 is 0 Å². The van der Waals surface area contributed by atoms with E-state index in [2.05, 4.69) is 45.8 Å². The lowest BCUT2D eigenvalue weighted by Gasteiger charge is -2.32. The van der Waals surface area contributed by atoms with E-state index in [1.165, 1.54) is 11.1 Å². The molecule has 1 aromatic heterocycles. The summed E-state index contributed by atoms with van der Waals surface area (Å²) < 4.78 is 2.23. The monoisotopic (exact) mass is 449 g/mol. The number of likely N-dealkylation sites (tertiary alicyclic amines) is 1. The predicted molar refractivity (Wildman–Crippen MR) is 125 cm³/mol. The van der Waals surface area contributed by atoms with Gasteiger partial charge in [-0.25, -0.2) is 0 Å². The number of hydrogen-bond acceptors (Lipinski definition) is 4. The molecule has 166 valence electrons. The number of fused-ring (bicyclic) bond motifs is 3. The smallest absolute Gasteiger partial charge is 0.226 e. The number of aryl methyl sites for hydroxylation is 1. The molecule has 2 aliphatic heterocycles. The third kappa shape index (κ3) is 4.05. The van der Waals surface area contributed by atoms with E-state index in [0.717, 1.165) is 66.9 Å². The van der Waals surface area contributed by atoms with Crippen molar-refractivity contribution in [3.8, 4) is 5.69 Å². The lowest BCUT2D eigenvalue weighted by Crippen LogP contribution is -2.39. The topological polar surface area (TPSA) is 54.3 Å². The Balaban J connectivity index is 1.34. The van der Waals surface area contributed by atoms with Gasteiger partial charge in [-0.2, -0.15) is 0 Å². The van der Waals surface area contributed by atoms with Crippen molar-refractivity contribution in [3.05, 3.63) is 75.8 Å². The number of aromatic nitrogens is 3. The number of carbonyl (C=O) groups is 1. The van der Waals surface area contributed by atoms with Crippen LogP contribution < -0.4 is 0 Å². The molecular formula is C25H28ClN5O. The van der Waals surface area contributed by atoms with Gasteiger partial charge in [0.15, 0.2) is 5.82 Å². The molecule has 1 saturated heterocycles. The molecule has 3 heterocycles. The first-order valence-electron chi connectivity index (χ1n) is 11.2. The molecule has 1 amide bonds. The molecule has 6 nitrogen and oxygen atoms in total. The van der Waals surface area contributed by atoms with Crippen LogP contribution in [0.5, 0.6) is 0 Å². The second kappa shape index (κ2) is 8.68. The molecule has 7 heteroatoms. The van der Waals surface area contributed by atoms with Crippen molar-refractivity contribution >= 4 is 17.5 Å². The molecule has 1 fully saturated rings. The van der Waals surface area contributed by atoms with E-state index in [4.69, 9.17) is 11.6 Å². The van der Waals surface area contributed by atoms with Crippen LogP contribution in [0.15, 0.2) is 42.5 Å². The molecule has 0 spiro atoms. The van der Waals surface area contributed by atoms with Gasteiger partial charge in [0.2, 0.25) is 5.91 Å². The zero-order valence-corrected chi connectivity index (χ0v) is 19.3. The van der Waals surface area contributed by atoms with E-state index in [1.54, 1.807) is 0 Å². The Labute approximate surface area is 193 Å². The van der Waals surface area contributed by atoms with Gasteiger partial charge in [0, 0.05) is 30.6 Å². The Kier molecular flexibility index (Phi) is 5.74. The van der Waals surface area contributed by atoms with Crippen molar-refractivity contribution in [1.82, 2.24) is 24.6 Å². The summed E-state index contributed by atoms with van der Waals surface area (Å²) in [5.74, 6) is 2.46. The summed E-state index contributed by atoms with van der Waals surface area (Å²) in [6, 6.07) is 14.2. The molecule has 0 N–H and O–H groups in total. The largest absolute Gasteiger partial charge is 0.342 e. The van der Waals surface area contributed by atoms with Crippen LogP contribution >= 0.6 is 11.6 Å². The highest BCUT2D eigenvalue weighted by molar-refractivity contribution is 6.30. The summed E-state index contributed by atoms with van der Waals surface area (Å²) in [6.07, 6.45) is 2.27. The average molecular weight is 450 g/mol. The predicted octanol–water partition coefficient (Wildman–Crippen LogP) is 4.12. The van der Waals surface area contributed by atoms with Crippen LogP contribution in [0.25, 0.3) is 5.69 Å². The number of halogens is 1. The Morgan fingerprint density at radius 3 is 2.66 bits per heavy atom. The average Bonchev–Trinajstić information content (AvgIpc) is 3.12. The van der Waals surface area contributed by atoms with Crippen LogP contribution in [0.4, 0.5) is 0 Å². The van der Waals surface area contributed by atoms with E-state index in [1.807, 2.05) is 35.2 Å². The third-order valence-corrected chi connectivity index (χ3v) is 6.94. The van der Waals surface area contributed by atoms with Crippen molar-refractivity contribution < 1.29 is 4.79 Å². The van der Waals surface area contributed by atoms with Crippen LogP contribution in [0.1, 0.15) is 47.1 Å². The summed E-state index contributed by atoms with van der Waals surface area (Å²) in [6.45, 7) is 5.14. The molecule has 32 heavy (non-hydrogen) atoms. The van der Waals surface area contributed by atoms with Gasteiger partial charge in [-0.05, 0) is 61.7 Å². The standard InChI is InChI=1S/C25H28ClN5O/c1-17-5-3-4-6-19(17)14-24(32)30-11-9-18(10-12-30)25-28-27-23-16-29(2)15-20-13-21(26)7-8-22(20)31(23)25/h3-8,13,18H,9-12,14-16H2,1-2H3. The van der Waals surface area contributed by atoms with Crippen LogP contribution in [0.3, 0.4) is 0 Å². The SMILES string of the molecule is Cc1ccccc1CC(=O)N1CCC(c2nnc3n2-c2ccc(Cl)cc2CN(C)C3)CC1. The summed E-state index contributed by atoms with van der Waals surface area (Å²) in [7, 11) is 2.09. The van der Waals surface area contributed by atoms with Gasteiger partial charge in [-0.3, -0.25) is 14.3 Å². The molecule has 0 aliphatic carbocycles. The summed E-state index contributed by atoms with van der Waals surface area (Å²) in [5, 5.41) is 9.91. The minimum atomic E-state index is 0.208. The number of benzene rings is 2. The lowest BCUT2D eigenvalue weighted by molar-refractivity contribution is -0.131. The van der Waals surface area contributed by atoms with E-state index < -0.39 is 0 Å². The quantitative estimate of drug-likeness (QED) is 0.603. The highest BCUT2D eigenvalue weighted by Crippen LogP contribution is 2.33. The fourth-order valence-corrected chi connectivity index (χ4v) is 5.11. The van der Waals surface area contributed by atoms with Crippen LogP contribution in [-0.4, -0.2) is 50.6 Å². The van der Waals surface area contributed by atoms with Crippen molar-refractivity contribution in [3.63, 3.8) is 0 Å². The van der Waals surface area contributed by atoms with Crippen LogP contribution in [0.2, 0.25) is 5.02 Å². The van der Waals surface area contributed by atoms with Crippen LogP contribution in [-0.2, 0) is 24.3 Å². The maximum atomic E-state index is 12.9. The van der Waals surface area contributed by atoms with E-state index in [-0.39, 0.29) is 11.8 Å². The van der Waals surface area contributed by atoms with Gasteiger partial charge in [-0.1, -0.05) is 35.9 Å². The first-order chi connectivity index (χ1) is 15.5. The Morgan fingerprint density at radius 2 is 1.88 bits per heavy atom. The van der Waals surface area contributed by atoms with Gasteiger partial charge in [0.1, 0.15) is 5.82 Å². The molecule has 3 aromatic rings. The zero-order valence-electron chi connectivity index (χ0n) is 18.6. The van der Waals surface area contributed by atoms with Gasteiger partial charge < -0.3 is 4.90 Å². The third-order valence-electron chi connectivity index (χ3n) is 6.70. The molecule has 0 atom stereocenters. The first kappa shape index (κ1) is 21.2. The van der Waals surface area contributed by atoms with Gasteiger partial charge in [0.25, 0.3) is 0 Å². The lowest BCUT2D eigenvalue weighted by atomic mass is 9.95. The molecule has 0 saturated carbocycles. The van der Waals surface area contributed by atoms with Crippen molar-refractivity contribution in [2.45, 2.75) is 45.2 Å². The second-order valence-electron chi connectivity index (χ2n) is 9.01. The highest BCUT2D eigenvalue weighted by Gasteiger charge is 2.30. The number of carbonyl (C=O) groups excluding carboxylic acids is 1. The number of amides is 1. The minimum Gasteiger partial charge on any atom is -0.342 e. The molecular weight excluding hydrogens is 422 g/mol. The van der Waals surface area contributed by atoms with Crippen molar-refractivity contribution in [2.75, 3.05) is 20.1 Å². The molecule has 0 radical (unpaired) electrons. The molecule has 2 aliphatic rings. The Bertz CT molecular complexity index is 1150. The maximum Gasteiger partial charge on any atom is 0.226 e. The van der Waals surface area contributed by atoms with E-state index in [9.17, 15) is 4.79 Å². The first-order valence-corrected chi connectivity index (χ1v) is 11.6. The highest BCUT2D eigenvalue weighted by atomic mass is 35.5. The molecule has 0 unspecified atom stereocenters. The molecule has 5 rings (SSSR count). The Hall–Kier alpha value is -2.70. The maximum absolute atomic E-state index is 12.9. The zero-order chi connectivity index (χ0) is 22.2. The van der Waals surface area contributed by atoms with Gasteiger partial charge in [0.05, 0.1) is 18.7 Å². The number of hydrogen-bond donors (Lipinski definition) is 0. The molecule has 2 aromatic carbocycles. The summed E-state index contributed by atoms with van der Waals surface area (Å²) in [4.78, 5) is 17.1. The second-order valence-corrected chi connectivity index (χ2v) is 9.45. The number of nitrogens with zero attached hydrogens (tertiary/aromatic N) is 5. The fraction of sp³-hybridized carbons (Fsp3) is 0.400. The minimum absolute atomic E-state index is 0.208. The normalized spacial score (nSPS) is 17.0.